The number of carbonyl (C=O) groups excluding carboxylic acids is 2. The second-order valence-electron chi connectivity index (χ2n) is 6.45. The summed E-state index contributed by atoms with van der Waals surface area (Å²) in [4.78, 5) is 33.5. The molecular formula is C21H22N4O2S3. The van der Waals surface area contributed by atoms with Gasteiger partial charge in [-0.05, 0) is 48.6 Å². The molecule has 30 heavy (non-hydrogen) atoms. The SMILES string of the molecule is CCSC1=N/C(=C\C(C)=C2\N=C(SCc3ccccc3)SC2=O)C(C)=NN1C(C)=O. The van der Waals surface area contributed by atoms with Crippen LogP contribution in [0.25, 0.3) is 0 Å². The van der Waals surface area contributed by atoms with E-state index in [1.54, 1.807) is 18.7 Å². The van der Waals surface area contributed by atoms with E-state index >= 15 is 0 Å². The number of carbonyl (C=O) groups is 2. The van der Waals surface area contributed by atoms with Crippen LogP contribution in [0.2, 0.25) is 0 Å². The Hall–Kier alpha value is -2.10. The lowest BCUT2D eigenvalue weighted by atomic mass is 10.1. The van der Waals surface area contributed by atoms with Crippen molar-refractivity contribution in [3.63, 3.8) is 0 Å². The smallest absolute Gasteiger partial charge is 0.246 e. The van der Waals surface area contributed by atoms with E-state index in [4.69, 9.17) is 0 Å². The first kappa shape index (κ1) is 22.6. The Kier molecular flexibility index (Phi) is 7.74. The molecule has 9 heteroatoms. The van der Waals surface area contributed by atoms with Crippen LogP contribution in [-0.4, -0.2) is 37.0 Å². The predicted molar refractivity (Wildman–Crippen MR) is 130 cm³/mol. The minimum atomic E-state index is -0.185. The van der Waals surface area contributed by atoms with Crippen LogP contribution in [0.4, 0.5) is 0 Å². The summed E-state index contributed by atoms with van der Waals surface area (Å²) in [7, 11) is 0. The van der Waals surface area contributed by atoms with Crippen LogP contribution in [0.3, 0.4) is 0 Å². The van der Waals surface area contributed by atoms with E-state index in [9.17, 15) is 9.59 Å². The van der Waals surface area contributed by atoms with Gasteiger partial charge in [0, 0.05) is 12.7 Å². The van der Waals surface area contributed by atoms with Crippen molar-refractivity contribution in [3.05, 3.63) is 58.9 Å². The highest BCUT2D eigenvalue weighted by molar-refractivity contribution is 8.45. The topological polar surface area (TPSA) is 74.5 Å². The van der Waals surface area contributed by atoms with Crippen molar-refractivity contribution < 1.29 is 9.59 Å². The quantitative estimate of drug-likeness (QED) is 0.590. The summed E-state index contributed by atoms with van der Waals surface area (Å²) in [5.41, 5.74) is 3.60. The van der Waals surface area contributed by atoms with Gasteiger partial charge in [-0.15, -0.1) is 0 Å². The normalized spacial score (nSPS) is 19.6. The lowest BCUT2D eigenvalue weighted by Crippen LogP contribution is -2.32. The molecule has 0 aromatic heterocycles. The third-order valence-corrected chi connectivity index (χ3v) is 6.97. The summed E-state index contributed by atoms with van der Waals surface area (Å²) < 4.78 is 0.749. The van der Waals surface area contributed by atoms with E-state index in [0.717, 1.165) is 33.2 Å². The Balaban J connectivity index is 1.83. The summed E-state index contributed by atoms with van der Waals surface area (Å²) in [5, 5.41) is 6.15. The number of aliphatic imine (C=N–C) groups is 2. The Morgan fingerprint density at radius 2 is 1.90 bits per heavy atom. The van der Waals surface area contributed by atoms with E-state index in [-0.39, 0.29) is 11.0 Å². The summed E-state index contributed by atoms with van der Waals surface area (Å²) >= 11 is 4.17. The summed E-state index contributed by atoms with van der Waals surface area (Å²) in [6.07, 6.45) is 1.81. The van der Waals surface area contributed by atoms with Gasteiger partial charge in [-0.2, -0.15) is 10.1 Å². The zero-order chi connectivity index (χ0) is 21.7. The van der Waals surface area contributed by atoms with Gasteiger partial charge in [0.2, 0.25) is 11.0 Å². The van der Waals surface area contributed by atoms with Crippen molar-refractivity contribution in [1.29, 1.82) is 0 Å². The molecule has 3 rings (SSSR count). The number of nitrogens with zero attached hydrogens (tertiary/aromatic N) is 4. The van der Waals surface area contributed by atoms with Crippen LogP contribution in [0.5, 0.6) is 0 Å². The van der Waals surface area contributed by atoms with E-state index in [1.807, 2.05) is 38.1 Å². The number of benzene rings is 1. The van der Waals surface area contributed by atoms with E-state index in [1.165, 1.54) is 29.3 Å². The average molecular weight is 459 g/mol. The van der Waals surface area contributed by atoms with Crippen LogP contribution >= 0.6 is 35.3 Å². The van der Waals surface area contributed by atoms with Gasteiger partial charge in [-0.25, -0.2) is 9.98 Å². The molecule has 1 aromatic carbocycles. The zero-order valence-corrected chi connectivity index (χ0v) is 19.7. The van der Waals surface area contributed by atoms with Gasteiger partial charge in [0.15, 0.2) is 5.17 Å². The van der Waals surface area contributed by atoms with Crippen molar-refractivity contribution >= 4 is 61.6 Å². The molecule has 156 valence electrons. The first-order valence-electron chi connectivity index (χ1n) is 9.37. The second-order valence-corrected chi connectivity index (χ2v) is 9.86. The maximum atomic E-state index is 12.5. The van der Waals surface area contributed by atoms with Crippen LogP contribution in [0.15, 0.2) is 68.5 Å². The molecule has 2 heterocycles. The molecule has 1 aromatic rings. The average Bonchev–Trinajstić information content (AvgIpc) is 3.10. The number of hydrogen-bond acceptors (Lipinski definition) is 8. The first-order chi connectivity index (χ1) is 14.4. The number of thioether (sulfide) groups is 3. The number of hydrazone groups is 1. The maximum Gasteiger partial charge on any atom is 0.246 e. The summed E-state index contributed by atoms with van der Waals surface area (Å²) in [6, 6.07) is 10.1. The Morgan fingerprint density at radius 3 is 2.57 bits per heavy atom. The molecule has 0 saturated heterocycles. The number of rotatable bonds is 4. The minimum Gasteiger partial charge on any atom is -0.279 e. The van der Waals surface area contributed by atoms with Gasteiger partial charge in [0.1, 0.15) is 10.1 Å². The van der Waals surface area contributed by atoms with Gasteiger partial charge >= 0.3 is 0 Å². The fourth-order valence-electron chi connectivity index (χ4n) is 2.63. The predicted octanol–water partition coefficient (Wildman–Crippen LogP) is 5.05. The van der Waals surface area contributed by atoms with Crippen LogP contribution in [0, 0.1) is 0 Å². The van der Waals surface area contributed by atoms with Crippen molar-refractivity contribution in [3.8, 4) is 0 Å². The molecule has 0 spiro atoms. The van der Waals surface area contributed by atoms with Gasteiger partial charge in [-0.3, -0.25) is 9.59 Å². The molecular weight excluding hydrogens is 436 g/mol. The molecule has 2 aliphatic heterocycles. The number of amides is 1. The van der Waals surface area contributed by atoms with Crippen molar-refractivity contribution in [2.24, 2.45) is 15.1 Å². The largest absolute Gasteiger partial charge is 0.279 e. The Labute approximate surface area is 189 Å². The standard InChI is InChI=1S/C21H22N4O2S3/c1-5-28-20-22-17(14(3)24-25(20)15(4)26)11-13(2)18-19(27)30-21(23-18)29-12-16-9-7-6-8-10-16/h6-11H,5,12H2,1-4H3/b17-11-,18-13+. The molecule has 6 nitrogen and oxygen atoms in total. The number of amidine groups is 1. The van der Waals surface area contributed by atoms with Gasteiger partial charge in [-0.1, -0.05) is 60.8 Å². The third-order valence-electron chi connectivity index (χ3n) is 4.10. The van der Waals surface area contributed by atoms with Crippen molar-refractivity contribution in [2.75, 3.05) is 5.75 Å². The molecule has 0 atom stereocenters. The third kappa shape index (κ3) is 5.53. The Bertz CT molecular complexity index is 1010. The maximum absolute atomic E-state index is 12.5. The highest BCUT2D eigenvalue weighted by Gasteiger charge is 2.26. The molecule has 0 N–H and O–H groups in total. The van der Waals surface area contributed by atoms with Gasteiger partial charge < -0.3 is 0 Å². The molecule has 0 radical (unpaired) electrons. The van der Waals surface area contributed by atoms with Crippen LogP contribution in [-0.2, 0) is 15.3 Å². The monoisotopic (exact) mass is 458 g/mol. The van der Waals surface area contributed by atoms with E-state index in [2.05, 4.69) is 27.2 Å². The van der Waals surface area contributed by atoms with Crippen LogP contribution in [0.1, 0.15) is 33.3 Å². The number of allylic oxidation sites excluding steroid dienone is 3. The lowest BCUT2D eigenvalue weighted by Gasteiger charge is -2.22. The Morgan fingerprint density at radius 1 is 1.17 bits per heavy atom. The highest BCUT2D eigenvalue weighted by Crippen LogP contribution is 2.33. The van der Waals surface area contributed by atoms with E-state index in [0.29, 0.717) is 22.3 Å². The van der Waals surface area contributed by atoms with Crippen molar-refractivity contribution in [1.82, 2.24) is 5.01 Å². The molecule has 0 saturated carbocycles. The molecule has 0 aliphatic carbocycles. The number of hydrogen-bond donors (Lipinski definition) is 0. The van der Waals surface area contributed by atoms with Gasteiger partial charge in [0.05, 0.1) is 11.4 Å². The highest BCUT2D eigenvalue weighted by atomic mass is 32.2. The zero-order valence-electron chi connectivity index (χ0n) is 17.2. The fraction of sp³-hybridized carbons (Fsp3) is 0.286. The fourth-order valence-corrected chi connectivity index (χ4v) is 5.22. The molecule has 0 fully saturated rings. The second kappa shape index (κ2) is 10.3. The van der Waals surface area contributed by atoms with Crippen LogP contribution < -0.4 is 0 Å². The first-order valence-corrected chi connectivity index (χ1v) is 12.2. The van der Waals surface area contributed by atoms with E-state index < -0.39 is 0 Å². The minimum absolute atomic E-state index is 0.0668. The summed E-state index contributed by atoms with van der Waals surface area (Å²) in [6.45, 7) is 7.10. The molecule has 2 aliphatic rings. The molecule has 0 bridgehead atoms. The molecule has 1 amide bonds. The van der Waals surface area contributed by atoms with Crippen molar-refractivity contribution in [2.45, 2.75) is 33.4 Å². The molecule has 0 unspecified atom stereocenters. The summed E-state index contributed by atoms with van der Waals surface area (Å²) in [5.74, 6) is 1.35. The van der Waals surface area contributed by atoms with Gasteiger partial charge in [0.25, 0.3) is 0 Å². The lowest BCUT2D eigenvalue weighted by molar-refractivity contribution is -0.125.